The highest BCUT2D eigenvalue weighted by Gasteiger charge is 2.12. The second-order valence-electron chi connectivity index (χ2n) is 3.49. The Labute approximate surface area is 95.7 Å². The molecule has 1 atom stereocenters. The fourth-order valence-electron chi connectivity index (χ4n) is 1.40. The van der Waals surface area contributed by atoms with Crippen molar-refractivity contribution in [2.24, 2.45) is 0 Å². The molecular weight excluding hydrogens is 204 g/mol. The van der Waals surface area contributed by atoms with E-state index in [2.05, 4.69) is 10.6 Å². The number of hydrogen-bond donors (Lipinski definition) is 3. The van der Waals surface area contributed by atoms with Crippen LogP contribution < -0.4 is 10.6 Å². The number of nitrogens with one attached hydrogen (secondary N) is 2. The molecule has 0 unspecified atom stereocenters. The maximum absolute atomic E-state index is 11.5. The minimum absolute atomic E-state index is 0.0954. The van der Waals surface area contributed by atoms with E-state index in [4.69, 9.17) is 0 Å². The first-order chi connectivity index (χ1) is 7.77. The molecule has 0 aromatic heterocycles. The van der Waals surface area contributed by atoms with Gasteiger partial charge in [-0.25, -0.2) is 0 Å². The van der Waals surface area contributed by atoms with Crippen LogP contribution in [0, 0.1) is 0 Å². The number of carbonyl (C=O) groups excluding carboxylic acids is 1. The van der Waals surface area contributed by atoms with Crippen molar-refractivity contribution in [2.45, 2.75) is 13.0 Å². The monoisotopic (exact) mass is 222 g/mol. The third kappa shape index (κ3) is 4.00. The van der Waals surface area contributed by atoms with Crippen molar-refractivity contribution in [3.63, 3.8) is 0 Å². The predicted molar refractivity (Wildman–Crippen MR) is 63.0 cm³/mol. The summed E-state index contributed by atoms with van der Waals surface area (Å²) in [6.45, 7) is 2.87. The van der Waals surface area contributed by atoms with Gasteiger partial charge in [0, 0.05) is 0 Å². The largest absolute Gasteiger partial charge is 0.394 e. The highest BCUT2D eigenvalue weighted by Crippen LogP contribution is 2.10. The number of benzene rings is 1. The van der Waals surface area contributed by atoms with Crippen LogP contribution in [0.15, 0.2) is 30.3 Å². The van der Waals surface area contributed by atoms with Crippen LogP contribution in [-0.2, 0) is 4.79 Å². The first-order valence-corrected chi connectivity index (χ1v) is 5.43. The molecule has 0 aliphatic rings. The molecule has 1 amide bonds. The lowest BCUT2D eigenvalue weighted by Crippen LogP contribution is -2.37. The first kappa shape index (κ1) is 12.7. The minimum atomic E-state index is -0.327. The Kier molecular flexibility index (Phi) is 5.53. The Hall–Kier alpha value is -1.39. The summed E-state index contributed by atoms with van der Waals surface area (Å²) in [7, 11) is 0. The summed E-state index contributed by atoms with van der Waals surface area (Å²) in [5, 5.41) is 14.9. The molecule has 1 rings (SSSR count). The quantitative estimate of drug-likeness (QED) is 0.654. The van der Waals surface area contributed by atoms with Crippen LogP contribution >= 0.6 is 0 Å². The zero-order valence-electron chi connectivity index (χ0n) is 9.44. The Balaban J connectivity index is 2.52. The zero-order chi connectivity index (χ0) is 11.8. The van der Waals surface area contributed by atoms with Gasteiger partial charge in [0.05, 0.1) is 19.2 Å². The summed E-state index contributed by atoms with van der Waals surface area (Å²) < 4.78 is 0. The van der Waals surface area contributed by atoms with Crippen LogP contribution in [0.25, 0.3) is 0 Å². The third-order valence-electron chi connectivity index (χ3n) is 2.26. The van der Waals surface area contributed by atoms with E-state index in [1.165, 1.54) is 0 Å². The van der Waals surface area contributed by atoms with Gasteiger partial charge in [-0.3, -0.25) is 4.79 Å². The SMILES string of the molecule is CCNCC(=O)N[C@@H](CO)c1ccccc1. The lowest BCUT2D eigenvalue weighted by atomic mass is 10.1. The van der Waals surface area contributed by atoms with Crippen LogP contribution in [-0.4, -0.2) is 30.7 Å². The third-order valence-corrected chi connectivity index (χ3v) is 2.26. The van der Waals surface area contributed by atoms with Crippen LogP contribution in [0.5, 0.6) is 0 Å². The Morgan fingerprint density at radius 2 is 2.06 bits per heavy atom. The van der Waals surface area contributed by atoms with Crippen LogP contribution in [0.2, 0.25) is 0 Å². The van der Waals surface area contributed by atoms with Crippen molar-refractivity contribution in [1.29, 1.82) is 0 Å². The normalized spacial score (nSPS) is 12.1. The average molecular weight is 222 g/mol. The van der Waals surface area contributed by atoms with Crippen LogP contribution in [0.3, 0.4) is 0 Å². The van der Waals surface area contributed by atoms with E-state index in [0.717, 1.165) is 12.1 Å². The summed E-state index contributed by atoms with van der Waals surface area (Å²) in [5.74, 6) is -0.107. The fraction of sp³-hybridized carbons (Fsp3) is 0.417. The van der Waals surface area contributed by atoms with E-state index in [1.54, 1.807) is 0 Å². The molecule has 0 aliphatic carbocycles. The second-order valence-corrected chi connectivity index (χ2v) is 3.49. The van der Waals surface area contributed by atoms with Gasteiger partial charge in [-0.1, -0.05) is 37.3 Å². The van der Waals surface area contributed by atoms with Gasteiger partial charge in [0.25, 0.3) is 0 Å². The molecule has 4 heteroatoms. The van der Waals surface area contributed by atoms with Gasteiger partial charge in [-0.2, -0.15) is 0 Å². The topological polar surface area (TPSA) is 61.4 Å². The lowest BCUT2D eigenvalue weighted by Gasteiger charge is -2.16. The van der Waals surface area contributed by atoms with Gasteiger partial charge in [0.1, 0.15) is 0 Å². The minimum Gasteiger partial charge on any atom is -0.394 e. The van der Waals surface area contributed by atoms with E-state index in [9.17, 15) is 9.90 Å². The Morgan fingerprint density at radius 1 is 1.38 bits per heavy atom. The number of aliphatic hydroxyl groups is 1. The molecule has 88 valence electrons. The maximum atomic E-state index is 11.5. The highest BCUT2D eigenvalue weighted by atomic mass is 16.3. The first-order valence-electron chi connectivity index (χ1n) is 5.43. The summed E-state index contributed by atoms with van der Waals surface area (Å²) >= 11 is 0. The Morgan fingerprint density at radius 3 is 2.62 bits per heavy atom. The Bertz CT molecular complexity index is 314. The van der Waals surface area contributed by atoms with Crippen molar-refractivity contribution in [1.82, 2.24) is 10.6 Å². The molecule has 0 saturated carbocycles. The molecule has 0 aliphatic heterocycles. The van der Waals surface area contributed by atoms with Gasteiger partial charge < -0.3 is 15.7 Å². The second kappa shape index (κ2) is 6.98. The van der Waals surface area contributed by atoms with Gasteiger partial charge in [-0.15, -0.1) is 0 Å². The van der Waals surface area contributed by atoms with E-state index in [1.807, 2.05) is 37.3 Å². The average Bonchev–Trinajstić information content (AvgIpc) is 2.34. The molecular formula is C12H18N2O2. The fourth-order valence-corrected chi connectivity index (χ4v) is 1.40. The molecule has 1 aromatic rings. The molecule has 1 aromatic carbocycles. The van der Waals surface area contributed by atoms with Crippen molar-refractivity contribution in [3.8, 4) is 0 Å². The molecule has 0 bridgehead atoms. The number of hydrogen-bond acceptors (Lipinski definition) is 3. The summed E-state index contributed by atoms with van der Waals surface area (Å²) in [6, 6.07) is 9.11. The van der Waals surface area contributed by atoms with Gasteiger partial charge in [-0.05, 0) is 12.1 Å². The van der Waals surface area contributed by atoms with Gasteiger partial charge in [0.2, 0.25) is 5.91 Å². The predicted octanol–water partition coefficient (Wildman–Crippen LogP) is 0.446. The van der Waals surface area contributed by atoms with Gasteiger partial charge >= 0.3 is 0 Å². The number of likely N-dealkylation sites (N-methyl/N-ethyl adjacent to an activating group) is 1. The summed E-state index contributed by atoms with van der Waals surface area (Å²) in [6.07, 6.45) is 0. The number of rotatable bonds is 6. The summed E-state index contributed by atoms with van der Waals surface area (Å²) in [5.41, 5.74) is 0.912. The zero-order valence-corrected chi connectivity index (χ0v) is 9.44. The number of aliphatic hydroxyl groups excluding tert-OH is 1. The molecule has 0 saturated heterocycles. The molecule has 3 N–H and O–H groups in total. The van der Waals surface area contributed by atoms with E-state index in [-0.39, 0.29) is 25.1 Å². The highest BCUT2D eigenvalue weighted by molar-refractivity contribution is 5.78. The van der Waals surface area contributed by atoms with Crippen molar-refractivity contribution >= 4 is 5.91 Å². The summed E-state index contributed by atoms with van der Waals surface area (Å²) in [4.78, 5) is 11.5. The van der Waals surface area contributed by atoms with Gasteiger partial charge in [0.15, 0.2) is 0 Å². The number of amides is 1. The molecule has 0 radical (unpaired) electrons. The molecule has 0 fully saturated rings. The number of carbonyl (C=O) groups is 1. The van der Waals surface area contributed by atoms with Crippen molar-refractivity contribution < 1.29 is 9.90 Å². The van der Waals surface area contributed by atoms with E-state index < -0.39 is 0 Å². The van der Waals surface area contributed by atoms with E-state index >= 15 is 0 Å². The van der Waals surface area contributed by atoms with Crippen molar-refractivity contribution in [2.75, 3.05) is 19.7 Å². The molecule has 4 nitrogen and oxygen atoms in total. The maximum Gasteiger partial charge on any atom is 0.234 e. The van der Waals surface area contributed by atoms with Crippen LogP contribution in [0.1, 0.15) is 18.5 Å². The van der Waals surface area contributed by atoms with Crippen LogP contribution in [0.4, 0.5) is 0 Å². The molecule has 0 spiro atoms. The lowest BCUT2D eigenvalue weighted by molar-refractivity contribution is -0.121. The standard InChI is InChI=1S/C12H18N2O2/c1-2-13-8-12(16)14-11(9-15)10-6-4-3-5-7-10/h3-7,11,13,15H,2,8-9H2,1H3,(H,14,16)/t11-/m0/s1. The van der Waals surface area contributed by atoms with E-state index in [0.29, 0.717) is 0 Å². The smallest absolute Gasteiger partial charge is 0.234 e. The molecule has 16 heavy (non-hydrogen) atoms. The molecule has 0 heterocycles. The van der Waals surface area contributed by atoms with Crippen molar-refractivity contribution in [3.05, 3.63) is 35.9 Å².